The van der Waals surface area contributed by atoms with Gasteiger partial charge in [0.15, 0.2) is 6.10 Å². The lowest BCUT2D eigenvalue weighted by Crippen LogP contribution is -2.26. The summed E-state index contributed by atoms with van der Waals surface area (Å²) in [5.74, 6) is 0.0495. The maximum atomic E-state index is 11.4. The molecular weight excluding hydrogens is 432 g/mol. The van der Waals surface area contributed by atoms with Crippen LogP contribution in [0.25, 0.3) is 0 Å². The molecule has 0 fully saturated rings. The third-order valence-electron chi connectivity index (χ3n) is 4.74. The zero-order chi connectivity index (χ0) is 23.9. The summed E-state index contributed by atoms with van der Waals surface area (Å²) in [6, 6.07) is 12.6. The fourth-order valence-electron chi connectivity index (χ4n) is 3.21. The van der Waals surface area contributed by atoms with Crippen molar-refractivity contribution in [1.82, 2.24) is 0 Å². The second-order valence-corrected chi connectivity index (χ2v) is 10.2. The van der Waals surface area contributed by atoms with Gasteiger partial charge in [-0.2, -0.15) is 8.42 Å². The molecule has 0 radical (unpaired) electrons. The van der Waals surface area contributed by atoms with Gasteiger partial charge < -0.3 is 18.8 Å². The summed E-state index contributed by atoms with van der Waals surface area (Å²) in [7, 11) is -3.55. The van der Waals surface area contributed by atoms with Gasteiger partial charge in [-0.15, -0.1) is 0 Å². The summed E-state index contributed by atoms with van der Waals surface area (Å²) < 4.78 is 38.6. The number of benzene rings is 2. The summed E-state index contributed by atoms with van der Waals surface area (Å²) >= 11 is 0. The van der Waals surface area contributed by atoms with E-state index in [9.17, 15) is 18.3 Å². The number of carboxylic acid groups (broad SMARTS) is 1. The van der Waals surface area contributed by atoms with Crippen molar-refractivity contribution >= 4 is 16.1 Å². The Hall–Kier alpha value is -2.58. The van der Waals surface area contributed by atoms with Crippen molar-refractivity contribution in [1.29, 1.82) is 0 Å². The molecule has 0 amide bonds. The van der Waals surface area contributed by atoms with E-state index in [2.05, 4.69) is 20.8 Å². The van der Waals surface area contributed by atoms with Crippen LogP contribution in [0.1, 0.15) is 44.4 Å². The van der Waals surface area contributed by atoms with Gasteiger partial charge in [0, 0.05) is 19.4 Å². The minimum atomic E-state index is -3.55. The predicted octanol–water partition coefficient (Wildman–Crippen LogP) is 3.98. The molecule has 0 saturated carbocycles. The third-order valence-corrected chi connectivity index (χ3v) is 5.23. The first-order valence-electron chi connectivity index (χ1n) is 10.5. The van der Waals surface area contributed by atoms with Crippen LogP contribution in [-0.2, 0) is 37.9 Å². The Bertz CT molecular complexity index is 1010. The van der Waals surface area contributed by atoms with Crippen LogP contribution >= 0.6 is 0 Å². The van der Waals surface area contributed by atoms with Gasteiger partial charge in [-0.05, 0) is 47.2 Å². The van der Waals surface area contributed by atoms with Crippen molar-refractivity contribution < 1.29 is 32.0 Å². The highest BCUT2D eigenvalue weighted by molar-refractivity contribution is 7.86. The Kier molecular flexibility index (Phi) is 8.69. The Morgan fingerprint density at radius 3 is 2.22 bits per heavy atom. The molecule has 0 bridgehead atoms. The molecule has 0 aliphatic carbocycles. The molecule has 2 aromatic carbocycles. The quantitative estimate of drug-likeness (QED) is 0.502. The first-order chi connectivity index (χ1) is 14.9. The number of rotatable bonds is 11. The number of hydrogen-bond acceptors (Lipinski definition) is 6. The SMILES string of the molecule is CCOC(Cc1ccc(OCCc2ccc(OS(C)(=O)=O)cc2)c(C(C)(C)C)c1)C(=O)O. The van der Waals surface area contributed by atoms with E-state index < -0.39 is 22.2 Å². The van der Waals surface area contributed by atoms with Crippen LogP contribution in [0.3, 0.4) is 0 Å². The average molecular weight is 465 g/mol. The molecule has 0 aliphatic rings. The van der Waals surface area contributed by atoms with Crippen molar-refractivity contribution in [3.63, 3.8) is 0 Å². The molecule has 1 N–H and O–H groups in total. The summed E-state index contributed by atoms with van der Waals surface area (Å²) in [5, 5.41) is 9.36. The van der Waals surface area contributed by atoms with Gasteiger partial charge in [0.25, 0.3) is 0 Å². The van der Waals surface area contributed by atoms with Gasteiger partial charge in [-0.3, -0.25) is 0 Å². The van der Waals surface area contributed by atoms with Crippen LogP contribution in [0, 0.1) is 0 Å². The summed E-state index contributed by atoms with van der Waals surface area (Å²) in [4.78, 5) is 11.4. The number of aliphatic carboxylic acids is 1. The van der Waals surface area contributed by atoms with Crippen LogP contribution in [0.4, 0.5) is 0 Å². The van der Waals surface area contributed by atoms with E-state index in [-0.39, 0.29) is 17.6 Å². The van der Waals surface area contributed by atoms with E-state index in [1.54, 1.807) is 31.2 Å². The minimum Gasteiger partial charge on any atom is -0.493 e. The molecule has 176 valence electrons. The zero-order valence-electron chi connectivity index (χ0n) is 19.3. The molecule has 2 aromatic rings. The van der Waals surface area contributed by atoms with Crippen LogP contribution in [0.5, 0.6) is 11.5 Å². The van der Waals surface area contributed by atoms with Gasteiger partial charge in [0.1, 0.15) is 11.5 Å². The Morgan fingerprint density at radius 2 is 1.69 bits per heavy atom. The molecule has 7 nitrogen and oxygen atoms in total. The summed E-state index contributed by atoms with van der Waals surface area (Å²) in [5.41, 5.74) is 2.67. The van der Waals surface area contributed by atoms with Crippen molar-refractivity contribution in [2.75, 3.05) is 19.5 Å². The normalized spacial score (nSPS) is 12.9. The van der Waals surface area contributed by atoms with Gasteiger partial charge >= 0.3 is 16.1 Å². The van der Waals surface area contributed by atoms with E-state index in [4.69, 9.17) is 13.7 Å². The Morgan fingerprint density at radius 1 is 1.06 bits per heavy atom. The van der Waals surface area contributed by atoms with Gasteiger partial charge in [-0.1, -0.05) is 45.0 Å². The molecule has 0 aromatic heterocycles. The van der Waals surface area contributed by atoms with Crippen LogP contribution in [-0.4, -0.2) is 45.1 Å². The number of carboxylic acids is 1. The lowest BCUT2D eigenvalue weighted by molar-refractivity contribution is -0.149. The second kappa shape index (κ2) is 10.8. The largest absolute Gasteiger partial charge is 0.493 e. The first kappa shape index (κ1) is 25.7. The van der Waals surface area contributed by atoms with E-state index in [1.165, 1.54) is 0 Å². The maximum absolute atomic E-state index is 11.4. The van der Waals surface area contributed by atoms with E-state index in [0.29, 0.717) is 19.6 Å². The molecular formula is C24H32O7S. The van der Waals surface area contributed by atoms with Crippen molar-refractivity contribution in [3.05, 3.63) is 59.2 Å². The first-order valence-corrected chi connectivity index (χ1v) is 12.3. The van der Waals surface area contributed by atoms with Crippen molar-refractivity contribution in [3.8, 4) is 11.5 Å². The average Bonchev–Trinajstić information content (AvgIpc) is 2.68. The third kappa shape index (κ3) is 8.16. The van der Waals surface area contributed by atoms with Crippen molar-refractivity contribution in [2.45, 2.75) is 52.1 Å². The fraction of sp³-hybridized carbons (Fsp3) is 0.458. The smallest absolute Gasteiger partial charge is 0.333 e. The highest BCUT2D eigenvalue weighted by Gasteiger charge is 2.23. The molecule has 1 unspecified atom stereocenters. The second-order valence-electron chi connectivity index (χ2n) is 8.60. The minimum absolute atomic E-state index is 0.194. The topological polar surface area (TPSA) is 99.1 Å². The molecule has 1 atom stereocenters. The molecule has 2 rings (SSSR count). The number of carbonyl (C=O) groups is 1. The van der Waals surface area contributed by atoms with E-state index >= 15 is 0 Å². The van der Waals surface area contributed by atoms with Crippen LogP contribution < -0.4 is 8.92 Å². The molecule has 0 saturated heterocycles. The lowest BCUT2D eigenvalue weighted by atomic mass is 9.85. The molecule has 0 heterocycles. The van der Waals surface area contributed by atoms with Crippen LogP contribution in [0.15, 0.2) is 42.5 Å². The molecule has 32 heavy (non-hydrogen) atoms. The standard InChI is InChI=1S/C24H32O7S/c1-6-29-22(23(25)26)16-18-9-12-21(20(15-18)24(2,3)4)30-14-13-17-7-10-19(11-8-17)31-32(5,27)28/h7-12,15,22H,6,13-14,16H2,1-5H3,(H,25,26). The maximum Gasteiger partial charge on any atom is 0.333 e. The van der Waals surface area contributed by atoms with Gasteiger partial charge in [-0.25, -0.2) is 4.79 Å². The fourth-order valence-corrected chi connectivity index (χ4v) is 3.67. The summed E-state index contributed by atoms with van der Waals surface area (Å²) in [6.45, 7) is 8.79. The monoisotopic (exact) mass is 464 g/mol. The van der Waals surface area contributed by atoms with E-state index in [1.807, 2.05) is 18.2 Å². The van der Waals surface area contributed by atoms with Gasteiger partial charge in [0.05, 0.1) is 12.9 Å². The molecule has 0 aliphatic heterocycles. The van der Waals surface area contributed by atoms with Gasteiger partial charge in [0.2, 0.25) is 0 Å². The molecule has 0 spiro atoms. The Balaban J connectivity index is 2.08. The number of hydrogen-bond donors (Lipinski definition) is 1. The van der Waals surface area contributed by atoms with Crippen molar-refractivity contribution in [2.24, 2.45) is 0 Å². The predicted molar refractivity (Wildman–Crippen MR) is 123 cm³/mol. The lowest BCUT2D eigenvalue weighted by Gasteiger charge is -2.24. The zero-order valence-corrected chi connectivity index (χ0v) is 20.1. The van der Waals surface area contributed by atoms with Crippen LogP contribution in [0.2, 0.25) is 0 Å². The highest BCUT2D eigenvalue weighted by atomic mass is 32.2. The highest BCUT2D eigenvalue weighted by Crippen LogP contribution is 2.33. The Labute approximate surface area is 190 Å². The molecule has 8 heteroatoms. The van der Waals surface area contributed by atoms with E-state index in [0.717, 1.165) is 28.7 Å². The summed E-state index contributed by atoms with van der Waals surface area (Å²) in [6.07, 6.45) is 1.05. The number of ether oxygens (including phenoxy) is 2.